The molecule has 0 bridgehead atoms. The van der Waals surface area contributed by atoms with E-state index in [2.05, 4.69) is 17.2 Å². The van der Waals surface area contributed by atoms with E-state index >= 15 is 0 Å². The number of benzene rings is 1. The third kappa shape index (κ3) is 5.02. The first kappa shape index (κ1) is 16.2. The van der Waals surface area contributed by atoms with Crippen molar-refractivity contribution >= 4 is 5.91 Å². The molecule has 0 fully saturated rings. The van der Waals surface area contributed by atoms with Crippen LogP contribution in [0.1, 0.15) is 37.8 Å². The molecule has 1 unspecified atom stereocenters. The number of halogens is 1. The average Bonchev–Trinajstić information content (AvgIpc) is 2.46. The van der Waals surface area contributed by atoms with Crippen molar-refractivity contribution in [2.75, 3.05) is 6.61 Å². The number of carbonyl (C=O) groups excluding carboxylic acids is 1. The van der Waals surface area contributed by atoms with E-state index in [9.17, 15) is 9.18 Å². The Morgan fingerprint density at radius 3 is 2.90 bits per heavy atom. The maximum atomic E-state index is 13.7. The van der Waals surface area contributed by atoms with Gasteiger partial charge in [-0.15, -0.1) is 0 Å². The Morgan fingerprint density at radius 1 is 1.50 bits per heavy atom. The van der Waals surface area contributed by atoms with Gasteiger partial charge >= 0.3 is 0 Å². The first-order chi connectivity index (χ1) is 9.58. The molecule has 0 radical (unpaired) electrons. The van der Waals surface area contributed by atoms with Crippen LogP contribution in [0, 0.1) is 23.6 Å². The third-order valence-electron chi connectivity index (χ3n) is 3.03. The van der Waals surface area contributed by atoms with E-state index in [-0.39, 0.29) is 30.8 Å². The summed E-state index contributed by atoms with van der Waals surface area (Å²) in [6.45, 7) is 3.93. The standard InChI is InChI=1S/C16H20FNO2/c1-3-12(2)16(20)18-11-14-10-13(6-4-5-9-19)7-8-15(14)17/h7-8,10,12,19H,3,5,9,11H2,1-2H3,(H,18,20). The fourth-order valence-corrected chi connectivity index (χ4v) is 1.55. The van der Waals surface area contributed by atoms with Crippen molar-refractivity contribution in [3.05, 3.63) is 35.1 Å². The molecular formula is C16H20FNO2. The Morgan fingerprint density at radius 2 is 2.25 bits per heavy atom. The van der Waals surface area contributed by atoms with E-state index in [1.807, 2.05) is 13.8 Å². The van der Waals surface area contributed by atoms with Crippen molar-refractivity contribution in [2.24, 2.45) is 5.92 Å². The van der Waals surface area contributed by atoms with Gasteiger partial charge in [-0.1, -0.05) is 25.7 Å². The number of hydrogen-bond donors (Lipinski definition) is 2. The highest BCUT2D eigenvalue weighted by Crippen LogP contribution is 2.10. The predicted octanol–water partition coefficient (Wildman–Crippen LogP) is 2.22. The van der Waals surface area contributed by atoms with Crippen LogP contribution < -0.4 is 5.32 Å². The fourth-order valence-electron chi connectivity index (χ4n) is 1.55. The number of amides is 1. The molecule has 0 saturated heterocycles. The maximum absolute atomic E-state index is 13.7. The zero-order chi connectivity index (χ0) is 15.0. The largest absolute Gasteiger partial charge is 0.395 e. The lowest BCUT2D eigenvalue weighted by molar-refractivity contribution is -0.124. The molecule has 0 aromatic heterocycles. The second-order valence-electron chi connectivity index (χ2n) is 4.61. The molecule has 108 valence electrons. The normalized spacial score (nSPS) is 11.4. The van der Waals surface area contributed by atoms with Crippen molar-refractivity contribution < 1.29 is 14.3 Å². The van der Waals surface area contributed by atoms with Crippen LogP contribution in [0.2, 0.25) is 0 Å². The number of nitrogens with one attached hydrogen (secondary N) is 1. The quantitative estimate of drug-likeness (QED) is 0.811. The van der Waals surface area contributed by atoms with Gasteiger partial charge in [-0.3, -0.25) is 4.79 Å². The van der Waals surface area contributed by atoms with Gasteiger partial charge in [0.25, 0.3) is 0 Å². The smallest absolute Gasteiger partial charge is 0.223 e. The highest BCUT2D eigenvalue weighted by atomic mass is 19.1. The van der Waals surface area contributed by atoms with Crippen LogP contribution in [0.5, 0.6) is 0 Å². The van der Waals surface area contributed by atoms with E-state index in [1.54, 1.807) is 12.1 Å². The summed E-state index contributed by atoms with van der Waals surface area (Å²) >= 11 is 0. The van der Waals surface area contributed by atoms with Crippen LogP contribution in [0.3, 0.4) is 0 Å². The summed E-state index contributed by atoms with van der Waals surface area (Å²) in [6, 6.07) is 4.55. The fraction of sp³-hybridized carbons (Fsp3) is 0.438. The number of aliphatic hydroxyl groups is 1. The van der Waals surface area contributed by atoms with Crippen molar-refractivity contribution in [2.45, 2.75) is 33.2 Å². The maximum Gasteiger partial charge on any atom is 0.223 e. The molecule has 2 N–H and O–H groups in total. The summed E-state index contributed by atoms with van der Waals surface area (Å²) in [7, 11) is 0. The molecule has 0 aliphatic carbocycles. The van der Waals surface area contributed by atoms with Gasteiger partial charge in [0.15, 0.2) is 0 Å². The van der Waals surface area contributed by atoms with Crippen molar-refractivity contribution in [3.63, 3.8) is 0 Å². The van der Waals surface area contributed by atoms with E-state index < -0.39 is 0 Å². The Balaban J connectivity index is 2.72. The van der Waals surface area contributed by atoms with Gasteiger partial charge < -0.3 is 10.4 Å². The predicted molar refractivity (Wildman–Crippen MR) is 76.3 cm³/mol. The number of carbonyl (C=O) groups is 1. The molecule has 1 aromatic carbocycles. The lowest BCUT2D eigenvalue weighted by Crippen LogP contribution is -2.28. The van der Waals surface area contributed by atoms with E-state index in [1.165, 1.54) is 6.07 Å². The summed E-state index contributed by atoms with van der Waals surface area (Å²) in [4.78, 5) is 11.7. The minimum atomic E-state index is -0.359. The monoisotopic (exact) mass is 277 g/mol. The molecule has 1 atom stereocenters. The lowest BCUT2D eigenvalue weighted by Gasteiger charge is -2.10. The SMILES string of the molecule is CCC(C)C(=O)NCc1cc(C#CCCO)ccc1F. The summed E-state index contributed by atoms with van der Waals surface area (Å²) in [5.41, 5.74) is 1.09. The van der Waals surface area contributed by atoms with Crippen LogP contribution in [-0.2, 0) is 11.3 Å². The average molecular weight is 277 g/mol. The minimum Gasteiger partial charge on any atom is -0.395 e. The first-order valence-corrected chi connectivity index (χ1v) is 6.74. The molecular weight excluding hydrogens is 257 g/mol. The summed E-state index contributed by atoms with van der Waals surface area (Å²) in [5, 5.41) is 11.4. The Hall–Kier alpha value is -1.86. The lowest BCUT2D eigenvalue weighted by atomic mass is 10.1. The Labute approximate surface area is 119 Å². The number of hydrogen-bond acceptors (Lipinski definition) is 2. The van der Waals surface area contributed by atoms with Gasteiger partial charge in [0.2, 0.25) is 5.91 Å². The topological polar surface area (TPSA) is 49.3 Å². The molecule has 0 spiro atoms. The third-order valence-corrected chi connectivity index (χ3v) is 3.03. The summed E-state index contributed by atoms with van der Waals surface area (Å²) < 4.78 is 13.7. The molecule has 0 aliphatic rings. The van der Waals surface area contributed by atoms with Crippen molar-refractivity contribution in [1.82, 2.24) is 5.32 Å². The van der Waals surface area contributed by atoms with Crippen LogP contribution in [0.15, 0.2) is 18.2 Å². The molecule has 0 aliphatic heterocycles. The molecule has 0 saturated carbocycles. The molecule has 1 rings (SSSR count). The zero-order valence-corrected chi connectivity index (χ0v) is 11.9. The van der Waals surface area contributed by atoms with E-state index in [4.69, 9.17) is 5.11 Å². The zero-order valence-electron chi connectivity index (χ0n) is 11.9. The van der Waals surface area contributed by atoms with Crippen molar-refractivity contribution in [1.29, 1.82) is 0 Å². The van der Waals surface area contributed by atoms with Crippen LogP contribution in [0.4, 0.5) is 4.39 Å². The summed E-state index contributed by atoms with van der Waals surface area (Å²) in [6.07, 6.45) is 1.14. The van der Waals surface area contributed by atoms with Gasteiger partial charge in [0.05, 0.1) is 6.61 Å². The Bertz CT molecular complexity index is 517. The number of aliphatic hydroxyl groups excluding tert-OH is 1. The molecule has 0 heterocycles. The minimum absolute atomic E-state index is 0.00597. The van der Waals surface area contributed by atoms with Crippen LogP contribution in [-0.4, -0.2) is 17.6 Å². The van der Waals surface area contributed by atoms with Gasteiger partial charge in [-0.25, -0.2) is 4.39 Å². The second kappa shape index (κ2) is 8.34. The van der Waals surface area contributed by atoms with Crippen LogP contribution >= 0.6 is 0 Å². The van der Waals surface area contributed by atoms with Gasteiger partial charge in [-0.2, -0.15) is 0 Å². The highest BCUT2D eigenvalue weighted by Gasteiger charge is 2.11. The summed E-state index contributed by atoms with van der Waals surface area (Å²) in [5.74, 6) is 5.11. The highest BCUT2D eigenvalue weighted by molar-refractivity contribution is 5.78. The van der Waals surface area contributed by atoms with Gasteiger partial charge in [0, 0.05) is 30.0 Å². The molecule has 1 aromatic rings. The second-order valence-corrected chi connectivity index (χ2v) is 4.61. The van der Waals surface area contributed by atoms with Crippen molar-refractivity contribution in [3.8, 4) is 11.8 Å². The molecule has 20 heavy (non-hydrogen) atoms. The van der Waals surface area contributed by atoms with Gasteiger partial charge in [-0.05, 0) is 24.6 Å². The van der Waals surface area contributed by atoms with E-state index in [0.29, 0.717) is 17.5 Å². The Kier molecular flexibility index (Phi) is 6.75. The molecule has 4 heteroatoms. The van der Waals surface area contributed by atoms with E-state index in [0.717, 1.165) is 6.42 Å². The van der Waals surface area contributed by atoms with Gasteiger partial charge in [0.1, 0.15) is 5.82 Å². The van der Waals surface area contributed by atoms with Crippen LogP contribution in [0.25, 0.3) is 0 Å². The first-order valence-electron chi connectivity index (χ1n) is 6.74. The molecule has 3 nitrogen and oxygen atoms in total. The number of rotatable bonds is 5. The molecule has 1 amide bonds.